The van der Waals surface area contributed by atoms with Gasteiger partial charge in [-0.2, -0.15) is 0 Å². The van der Waals surface area contributed by atoms with Crippen molar-refractivity contribution in [3.63, 3.8) is 0 Å². The van der Waals surface area contributed by atoms with Gasteiger partial charge in [0.2, 0.25) is 0 Å². The van der Waals surface area contributed by atoms with Crippen molar-refractivity contribution in [2.45, 2.75) is 0 Å². The SMILES string of the molecule is O=C(Nc1ccc(Nc2ccccc2)cc1)C(=O)Nc1cccc(Cl)c1. The lowest BCUT2D eigenvalue weighted by Crippen LogP contribution is -2.29. The second-order valence-electron chi connectivity index (χ2n) is 5.49. The molecule has 5 nitrogen and oxygen atoms in total. The Morgan fingerprint density at radius 1 is 0.615 bits per heavy atom. The Kier molecular flexibility index (Phi) is 5.51. The van der Waals surface area contributed by atoms with Gasteiger partial charge >= 0.3 is 11.8 Å². The molecule has 0 aliphatic carbocycles. The summed E-state index contributed by atoms with van der Waals surface area (Å²) in [4.78, 5) is 24.0. The highest BCUT2D eigenvalue weighted by Crippen LogP contribution is 2.19. The summed E-state index contributed by atoms with van der Waals surface area (Å²) in [6, 6.07) is 23.4. The zero-order valence-corrected chi connectivity index (χ0v) is 14.5. The fourth-order valence-corrected chi connectivity index (χ4v) is 2.46. The fourth-order valence-electron chi connectivity index (χ4n) is 2.27. The van der Waals surface area contributed by atoms with E-state index < -0.39 is 11.8 Å². The molecule has 0 heterocycles. The zero-order chi connectivity index (χ0) is 18.4. The Balaban J connectivity index is 1.58. The number of carbonyl (C=O) groups excluding carboxylic acids is 2. The molecule has 2 amide bonds. The van der Waals surface area contributed by atoms with Gasteiger partial charge in [0.15, 0.2) is 0 Å². The van der Waals surface area contributed by atoms with Crippen molar-refractivity contribution < 1.29 is 9.59 Å². The third-order valence-corrected chi connectivity index (χ3v) is 3.73. The van der Waals surface area contributed by atoms with Crippen molar-refractivity contribution in [1.29, 1.82) is 0 Å². The van der Waals surface area contributed by atoms with Gasteiger partial charge in [-0.3, -0.25) is 9.59 Å². The minimum atomic E-state index is -0.765. The van der Waals surface area contributed by atoms with Gasteiger partial charge in [0, 0.05) is 27.8 Å². The van der Waals surface area contributed by atoms with E-state index in [-0.39, 0.29) is 0 Å². The molecule has 130 valence electrons. The number of nitrogens with one attached hydrogen (secondary N) is 3. The Bertz CT molecular complexity index is 912. The molecule has 0 aliphatic rings. The van der Waals surface area contributed by atoms with Gasteiger partial charge in [0.25, 0.3) is 0 Å². The molecule has 3 rings (SSSR count). The average Bonchev–Trinajstić information content (AvgIpc) is 2.64. The van der Waals surface area contributed by atoms with Crippen LogP contribution in [0.1, 0.15) is 0 Å². The Morgan fingerprint density at radius 2 is 1.15 bits per heavy atom. The number of para-hydroxylation sites is 1. The van der Waals surface area contributed by atoms with Crippen LogP contribution < -0.4 is 16.0 Å². The standard InChI is InChI=1S/C20H16ClN3O2/c21-14-5-4-8-18(13-14)24-20(26)19(25)23-17-11-9-16(10-12-17)22-15-6-2-1-3-7-15/h1-13,22H,(H,23,25)(H,24,26). The number of carbonyl (C=O) groups is 2. The lowest BCUT2D eigenvalue weighted by Gasteiger charge is -2.09. The molecule has 0 spiro atoms. The Hall–Kier alpha value is -3.31. The maximum atomic E-state index is 12.0. The monoisotopic (exact) mass is 365 g/mol. The average molecular weight is 366 g/mol. The Labute approximate surface area is 156 Å². The molecular formula is C20H16ClN3O2. The van der Waals surface area contributed by atoms with E-state index >= 15 is 0 Å². The van der Waals surface area contributed by atoms with Crippen molar-refractivity contribution >= 4 is 46.2 Å². The zero-order valence-electron chi connectivity index (χ0n) is 13.7. The van der Waals surface area contributed by atoms with Crippen LogP contribution in [-0.2, 0) is 9.59 Å². The number of hydrogen-bond donors (Lipinski definition) is 3. The first-order chi connectivity index (χ1) is 12.6. The smallest absolute Gasteiger partial charge is 0.314 e. The highest BCUT2D eigenvalue weighted by Gasteiger charge is 2.14. The number of anilines is 4. The van der Waals surface area contributed by atoms with E-state index in [0.717, 1.165) is 11.4 Å². The number of hydrogen-bond acceptors (Lipinski definition) is 3. The van der Waals surface area contributed by atoms with Crippen LogP contribution in [0.3, 0.4) is 0 Å². The van der Waals surface area contributed by atoms with Gasteiger partial charge in [0.05, 0.1) is 0 Å². The summed E-state index contributed by atoms with van der Waals surface area (Å²) in [6.45, 7) is 0. The first-order valence-electron chi connectivity index (χ1n) is 7.90. The van der Waals surface area contributed by atoms with Gasteiger partial charge in [-0.1, -0.05) is 35.9 Å². The first-order valence-corrected chi connectivity index (χ1v) is 8.28. The molecule has 26 heavy (non-hydrogen) atoms. The molecule has 0 radical (unpaired) electrons. The summed E-state index contributed by atoms with van der Waals surface area (Å²) in [5.74, 6) is -1.52. The molecule has 6 heteroatoms. The number of halogens is 1. The van der Waals surface area contributed by atoms with Crippen LogP contribution >= 0.6 is 11.6 Å². The van der Waals surface area contributed by atoms with E-state index in [2.05, 4.69) is 16.0 Å². The van der Waals surface area contributed by atoms with Crippen molar-refractivity contribution in [3.05, 3.63) is 83.9 Å². The van der Waals surface area contributed by atoms with Crippen molar-refractivity contribution in [1.82, 2.24) is 0 Å². The van der Waals surface area contributed by atoms with Gasteiger partial charge < -0.3 is 16.0 Å². The molecular weight excluding hydrogens is 350 g/mol. The highest BCUT2D eigenvalue weighted by atomic mass is 35.5. The lowest BCUT2D eigenvalue weighted by atomic mass is 10.2. The van der Waals surface area contributed by atoms with Crippen LogP contribution in [0.4, 0.5) is 22.7 Å². The third-order valence-electron chi connectivity index (χ3n) is 3.49. The van der Waals surface area contributed by atoms with E-state index in [0.29, 0.717) is 16.4 Å². The van der Waals surface area contributed by atoms with Crippen LogP contribution in [0.25, 0.3) is 0 Å². The second-order valence-corrected chi connectivity index (χ2v) is 5.92. The van der Waals surface area contributed by atoms with Crippen LogP contribution in [-0.4, -0.2) is 11.8 Å². The largest absolute Gasteiger partial charge is 0.356 e. The summed E-state index contributed by atoms with van der Waals surface area (Å²) >= 11 is 5.85. The van der Waals surface area contributed by atoms with E-state index in [4.69, 9.17) is 11.6 Å². The maximum absolute atomic E-state index is 12.0. The van der Waals surface area contributed by atoms with Crippen LogP contribution in [0.15, 0.2) is 78.9 Å². The molecule has 0 atom stereocenters. The molecule has 0 aromatic heterocycles. The van der Waals surface area contributed by atoms with E-state index in [1.165, 1.54) is 0 Å². The molecule has 3 N–H and O–H groups in total. The van der Waals surface area contributed by atoms with Gasteiger partial charge in [-0.15, -0.1) is 0 Å². The predicted octanol–water partition coefficient (Wildman–Crippen LogP) is 4.66. The molecule has 0 fully saturated rings. The van der Waals surface area contributed by atoms with Crippen LogP contribution in [0.2, 0.25) is 5.02 Å². The second kappa shape index (κ2) is 8.18. The summed E-state index contributed by atoms with van der Waals surface area (Å²) < 4.78 is 0. The minimum Gasteiger partial charge on any atom is -0.356 e. The number of amides is 2. The molecule has 3 aromatic rings. The summed E-state index contributed by atoms with van der Waals surface area (Å²) in [5, 5.41) is 8.77. The van der Waals surface area contributed by atoms with Gasteiger partial charge in [0.1, 0.15) is 0 Å². The normalized spacial score (nSPS) is 10.0. The van der Waals surface area contributed by atoms with Crippen molar-refractivity contribution in [3.8, 4) is 0 Å². The molecule has 0 unspecified atom stereocenters. The highest BCUT2D eigenvalue weighted by molar-refractivity contribution is 6.43. The lowest BCUT2D eigenvalue weighted by molar-refractivity contribution is -0.132. The van der Waals surface area contributed by atoms with E-state index in [1.807, 2.05) is 42.5 Å². The quantitative estimate of drug-likeness (QED) is 0.589. The number of rotatable bonds is 4. The first kappa shape index (κ1) is 17.5. The maximum Gasteiger partial charge on any atom is 0.314 e. The molecule has 0 saturated heterocycles. The molecule has 0 aliphatic heterocycles. The molecule has 3 aromatic carbocycles. The summed E-state index contributed by atoms with van der Waals surface area (Å²) in [6.07, 6.45) is 0. The van der Waals surface area contributed by atoms with Crippen LogP contribution in [0, 0.1) is 0 Å². The van der Waals surface area contributed by atoms with E-state index in [9.17, 15) is 9.59 Å². The minimum absolute atomic E-state index is 0.458. The summed E-state index contributed by atoms with van der Waals surface area (Å²) in [5.41, 5.74) is 2.82. The summed E-state index contributed by atoms with van der Waals surface area (Å²) in [7, 11) is 0. The topological polar surface area (TPSA) is 70.2 Å². The Morgan fingerprint density at radius 3 is 1.81 bits per heavy atom. The van der Waals surface area contributed by atoms with E-state index in [1.54, 1.807) is 36.4 Å². The molecule has 0 saturated carbocycles. The molecule has 0 bridgehead atoms. The van der Waals surface area contributed by atoms with Crippen LogP contribution in [0.5, 0.6) is 0 Å². The predicted molar refractivity (Wildman–Crippen MR) is 105 cm³/mol. The van der Waals surface area contributed by atoms with Gasteiger partial charge in [-0.05, 0) is 54.6 Å². The van der Waals surface area contributed by atoms with Crippen molar-refractivity contribution in [2.75, 3.05) is 16.0 Å². The number of benzene rings is 3. The van der Waals surface area contributed by atoms with Crippen molar-refractivity contribution in [2.24, 2.45) is 0 Å². The third kappa shape index (κ3) is 4.84. The van der Waals surface area contributed by atoms with Gasteiger partial charge in [-0.25, -0.2) is 0 Å². The fraction of sp³-hybridized carbons (Fsp3) is 0.